The van der Waals surface area contributed by atoms with E-state index in [1.165, 1.54) is 0 Å². The third-order valence-electron chi connectivity index (χ3n) is 0.189. The van der Waals surface area contributed by atoms with Crippen molar-refractivity contribution < 1.29 is 73.0 Å². The molecule has 0 aromatic heterocycles. The molecule has 0 saturated carbocycles. The smallest absolute Gasteiger partial charge is 0.416 e. The summed E-state index contributed by atoms with van der Waals surface area (Å²) >= 11 is 0. The van der Waals surface area contributed by atoms with E-state index in [0.717, 1.165) is 0 Å². The van der Waals surface area contributed by atoms with Gasteiger partial charge in [-0.05, 0) is 0 Å². The predicted octanol–water partition coefficient (Wildman–Crippen LogP) is -2.18. The standard InChI is InChI=1S/CF3O2S.K/c2-1(3,4)7(5)6;/q-1;+1. The third-order valence-corrected chi connectivity index (χ3v) is 0.567. The van der Waals surface area contributed by atoms with Gasteiger partial charge in [-0.3, -0.25) is 0 Å². The van der Waals surface area contributed by atoms with Crippen LogP contribution in [0, 0.1) is 0 Å². The van der Waals surface area contributed by atoms with Crippen LogP contribution in [-0.4, -0.2) is 5.51 Å². The molecule has 0 fully saturated rings. The minimum absolute atomic E-state index is 0. The second-order valence-corrected chi connectivity index (χ2v) is 1.61. The summed E-state index contributed by atoms with van der Waals surface area (Å²) < 4.78 is 49.5. The number of rotatable bonds is 0. The van der Waals surface area contributed by atoms with E-state index in [2.05, 4.69) is 0 Å². The molecule has 0 rings (SSSR count). The Balaban J connectivity index is 0. The van der Waals surface area contributed by atoms with Crippen LogP contribution < -0.4 is 51.4 Å². The van der Waals surface area contributed by atoms with Crippen molar-refractivity contribution in [1.82, 2.24) is 0 Å². The Morgan fingerprint density at radius 1 is 1.12 bits per heavy atom. The first-order valence-corrected chi connectivity index (χ1v) is 2.18. The molecule has 0 aromatic rings. The van der Waals surface area contributed by atoms with Crippen LogP contribution in [0.5, 0.6) is 0 Å². The summed E-state index contributed by atoms with van der Waals surface area (Å²) in [6.07, 6.45) is 0. The van der Waals surface area contributed by atoms with E-state index in [4.69, 9.17) is 8.42 Å². The molecule has 7 heteroatoms. The maximum Gasteiger partial charge on any atom is 1.00 e. The largest absolute Gasteiger partial charge is 1.00 e. The summed E-state index contributed by atoms with van der Waals surface area (Å²) in [6, 6.07) is 0. The van der Waals surface area contributed by atoms with Gasteiger partial charge in [0.15, 0.2) is 0 Å². The van der Waals surface area contributed by atoms with E-state index in [-0.39, 0.29) is 51.4 Å². The molecule has 0 spiro atoms. The predicted molar refractivity (Wildman–Crippen MR) is 14.8 cm³/mol. The molecule has 0 unspecified atom stereocenters. The SMILES string of the molecule is O=[S-](=O)C(F)(F)F.[K+]. The number of halogens is 3. The number of hydrogen-bond acceptors (Lipinski definition) is 3. The van der Waals surface area contributed by atoms with Gasteiger partial charge in [-0.1, -0.05) is 0 Å². The molecular formula is CF3KO2S. The minimum Gasteiger partial charge on any atom is -0.416 e. The monoisotopic (exact) mass is 172 g/mol. The molecular weight excluding hydrogens is 172 g/mol. The fraction of sp³-hybridized carbons (Fsp3) is 1.00. The molecule has 0 heterocycles. The molecule has 0 N–H and O–H groups in total. The summed E-state index contributed by atoms with van der Waals surface area (Å²) in [6.45, 7) is 0. The van der Waals surface area contributed by atoms with Crippen molar-refractivity contribution in [2.24, 2.45) is 0 Å². The van der Waals surface area contributed by atoms with Crippen LogP contribution in [0.15, 0.2) is 0 Å². The van der Waals surface area contributed by atoms with Crippen LogP contribution in [-0.2, 0) is 19.1 Å². The van der Waals surface area contributed by atoms with E-state index in [0.29, 0.717) is 0 Å². The first kappa shape index (κ1) is 12.1. The molecule has 0 aliphatic carbocycles. The molecule has 0 amide bonds. The fourth-order valence-corrected chi connectivity index (χ4v) is 0. The van der Waals surface area contributed by atoms with Gasteiger partial charge in [0, 0.05) is 10.7 Å². The van der Waals surface area contributed by atoms with Gasteiger partial charge in [0.05, 0.1) is 0 Å². The number of alkyl halides is 3. The van der Waals surface area contributed by atoms with Gasteiger partial charge in [-0.15, -0.1) is 0 Å². The van der Waals surface area contributed by atoms with Crippen molar-refractivity contribution in [1.29, 1.82) is 0 Å². The van der Waals surface area contributed by atoms with Gasteiger partial charge in [-0.25, -0.2) is 0 Å². The second kappa shape index (κ2) is 4.23. The molecule has 8 heavy (non-hydrogen) atoms. The zero-order chi connectivity index (χ0) is 6.08. The van der Waals surface area contributed by atoms with Gasteiger partial charge in [0.25, 0.3) is 0 Å². The average Bonchev–Trinajstić information content (AvgIpc) is 1.31. The van der Waals surface area contributed by atoms with Crippen LogP contribution >= 0.6 is 0 Å². The average molecular weight is 172 g/mol. The Bertz CT molecular complexity index is 118. The zero-order valence-corrected chi connectivity index (χ0v) is 7.80. The number of hydrogen-bond donors (Lipinski definition) is 0. The summed E-state index contributed by atoms with van der Waals surface area (Å²) in [5.74, 6) is 0. The van der Waals surface area contributed by atoms with E-state index < -0.39 is 16.2 Å². The quantitative estimate of drug-likeness (QED) is 0.307. The molecule has 2 nitrogen and oxygen atoms in total. The van der Waals surface area contributed by atoms with Crippen molar-refractivity contribution in [3.8, 4) is 0 Å². The van der Waals surface area contributed by atoms with Gasteiger partial charge in [0.1, 0.15) is 0 Å². The van der Waals surface area contributed by atoms with Crippen molar-refractivity contribution in [2.45, 2.75) is 5.51 Å². The molecule has 0 aliphatic heterocycles. The van der Waals surface area contributed by atoms with Crippen LogP contribution in [0.2, 0.25) is 0 Å². The van der Waals surface area contributed by atoms with E-state index in [1.54, 1.807) is 0 Å². The third kappa shape index (κ3) is 5.51. The maximum absolute atomic E-state index is 10.6. The van der Waals surface area contributed by atoms with Gasteiger partial charge in [-0.2, -0.15) is 13.2 Å². The molecule has 0 radical (unpaired) electrons. The summed E-state index contributed by atoms with van der Waals surface area (Å²) in [7, 11) is -3.93. The van der Waals surface area contributed by atoms with Crippen molar-refractivity contribution in [2.75, 3.05) is 0 Å². The Hall–Kier alpha value is 1.38. The van der Waals surface area contributed by atoms with Crippen LogP contribution in [0.25, 0.3) is 0 Å². The van der Waals surface area contributed by atoms with Crippen LogP contribution in [0.4, 0.5) is 13.2 Å². The Kier molecular flexibility index (Phi) is 6.40. The van der Waals surface area contributed by atoms with E-state index >= 15 is 0 Å². The van der Waals surface area contributed by atoms with Crippen molar-refractivity contribution >= 4 is 10.7 Å². The Labute approximate surface area is 87.8 Å². The zero-order valence-electron chi connectivity index (χ0n) is 3.86. The fourth-order valence-electron chi connectivity index (χ4n) is 0. The molecule has 0 bridgehead atoms. The normalized spacial score (nSPS) is 11.0. The first-order valence-electron chi connectivity index (χ1n) is 1.10. The maximum atomic E-state index is 10.6. The Morgan fingerprint density at radius 3 is 1.25 bits per heavy atom. The van der Waals surface area contributed by atoms with Gasteiger partial charge < -0.3 is 8.42 Å². The molecule has 0 aromatic carbocycles. The van der Waals surface area contributed by atoms with Gasteiger partial charge >= 0.3 is 56.9 Å². The summed E-state index contributed by atoms with van der Waals surface area (Å²) in [4.78, 5) is 0. The minimum atomic E-state index is -5.08. The molecule has 44 valence electrons. The first-order chi connectivity index (χ1) is 2.94. The Morgan fingerprint density at radius 2 is 1.25 bits per heavy atom. The van der Waals surface area contributed by atoms with Crippen molar-refractivity contribution in [3.05, 3.63) is 0 Å². The molecule has 0 saturated heterocycles. The van der Waals surface area contributed by atoms with Crippen LogP contribution in [0.3, 0.4) is 0 Å². The van der Waals surface area contributed by atoms with E-state index in [9.17, 15) is 13.2 Å². The molecule has 0 atom stereocenters. The van der Waals surface area contributed by atoms with Crippen molar-refractivity contribution in [3.63, 3.8) is 0 Å². The van der Waals surface area contributed by atoms with E-state index in [1.807, 2.05) is 0 Å². The second-order valence-electron chi connectivity index (χ2n) is 0.680. The topological polar surface area (TPSA) is 34.1 Å². The van der Waals surface area contributed by atoms with Crippen LogP contribution in [0.1, 0.15) is 0 Å². The van der Waals surface area contributed by atoms with Gasteiger partial charge in [0.2, 0.25) is 0 Å². The summed E-state index contributed by atoms with van der Waals surface area (Å²) in [5, 5.41) is 0. The summed E-state index contributed by atoms with van der Waals surface area (Å²) in [5.41, 5.74) is -5.08. The molecule has 0 aliphatic rings.